The fraction of sp³-hybridized carbons (Fsp3) is 0.333. The number of rotatable bonds is 6. The van der Waals surface area contributed by atoms with Gasteiger partial charge in [-0.2, -0.15) is 0 Å². The number of nitrogens with zero attached hydrogens (tertiary/aromatic N) is 1. The molecule has 0 radical (unpaired) electrons. The average Bonchev–Trinajstić information content (AvgIpc) is 3.36. The highest BCUT2D eigenvalue weighted by Gasteiger charge is 2.35. The average molecular weight is 494 g/mol. The topological polar surface area (TPSA) is 58.6 Å². The van der Waals surface area contributed by atoms with Crippen LogP contribution in [0.2, 0.25) is 0 Å². The molecule has 1 unspecified atom stereocenters. The summed E-state index contributed by atoms with van der Waals surface area (Å²) in [6.07, 6.45) is 1.89. The van der Waals surface area contributed by atoms with Gasteiger partial charge in [-0.3, -0.25) is 4.90 Å². The van der Waals surface area contributed by atoms with Gasteiger partial charge in [-0.1, -0.05) is 6.07 Å². The van der Waals surface area contributed by atoms with Gasteiger partial charge in [0.05, 0.1) is 38.3 Å². The van der Waals surface area contributed by atoms with Gasteiger partial charge in [-0.15, -0.1) is 0 Å². The van der Waals surface area contributed by atoms with Crippen molar-refractivity contribution in [3.05, 3.63) is 64.7 Å². The van der Waals surface area contributed by atoms with Gasteiger partial charge in [0.1, 0.15) is 0 Å². The Balaban J connectivity index is 1.30. The number of fused-ring (bicyclic) bond motifs is 5. The van der Waals surface area contributed by atoms with Gasteiger partial charge in [0.25, 0.3) is 0 Å². The van der Waals surface area contributed by atoms with E-state index in [4.69, 9.17) is 27.9 Å². The molecule has 3 aliphatic heterocycles. The zero-order chi connectivity index (χ0) is 23.9. The number of ether oxygens (including phenoxy) is 5. The van der Waals surface area contributed by atoms with Crippen LogP contribution in [0.1, 0.15) is 28.3 Å². The van der Waals surface area contributed by atoms with Gasteiger partial charge in [0.2, 0.25) is 6.79 Å². The summed E-state index contributed by atoms with van der Waals surface area (Å²) in [6.45, 7) is 2.08. The Labute approximate surface area is 209 Å². The van der Waals surface area contributed by atoms with Crippen LogP contribution in [0.15, 0.2) is 47.4 Å². The molecule has 0 bridgehead atoms. The molecule has 7 nitrogen and oxygen atoms in total. The Morgan fingerprint density at radius 2 is 1.63 bits per heavy atom. The summed E-state index contributed by atoms with van der Waals surface area (Å²) >= 11 is 1.29. The lowest BCUT2D eigenvalue weighted by Crippen LogP contribution is -2.39. The minimum Gasteiger partial charge on any atom is -0.493 e. The van der Waals surface area contributed by atoms with E-state index in [2.05, 4.69) is 23.1 Å². The minimum atomic E-state index is 0.299. The maximum Gasteiger partial charge on any atom is 0.231 e. The van der Waals surface area contributed by atoms with Gasteiger partial charge >= 0.3 is 0 Å². The van der Waals surface area contributed by atoms with E-state index in [0.29, 0.717) is 24.3 Å². The fourth-order valence-electron chi connectivity index (χ4n) is 5.20. The van der Waals surface area contributed by atoms with Crippen molar-refractivity contribution in [2.24, 2.45) is 0 Å². The molecule has 3 aromatic carbocycles. The Bertz CT molecular complexity index is 1280. The van der Waals surface area contributed by atoms with E-state index in [1.807, 2.05) is 24.3 Å². The largest absolute Gasteiger partial charge is 0.493 e. The predicted octanol–water partition coefficient (Wildman–Crippen LogP) is 5.18. The minimum absolute atomic E-state index is 0.299. The van der Waals surface area contributed by atoms with Crippen molar-refractivity contribution < 1.29 is 27.9 Å². The van der Waals surface area contributed by atoms with Crippen molar-refractivity contribution in [2.75, 3.05) is 34.7 Å². The second kappa shape index (κ2) is 9.09. The third kappa shape index (κ3) is 3.90. The van der Waals surface area contributed by atoms with Crippen LogP contribution in [0.25, 0.3) is 0 Å². The first-order valence-electron chi connectivity index (χ1n) is 11.6. The zero-order valence-electron chi connectivity index (χ0n) is 20.0. The first-order chi connectivity index (χ1) is 17.2. The summed E-state index contributed by atoms with van der Waals surface area (Å²) in [5.74, 6) is 4.57. The first-order valence-corrected chi connectivity index (χ1v) is 12.3. The molecule has 0 saturated carbocycles. The van der Waals surface area contributed by atoms with E-state index in [0.717, 1.165) is 53.8 Å². The molecule has 182 valence electrons. The van der Waals surface area contributed by atoms with Crippen molar-refractivity contribution in [1.82, 2.24) is 4.90 Å². The van der Waals surface area contributed by atoms with Gasteiger partial charge in [-0.05, 0) is 59.9 Å². The highest BCUT2D eigenvalue weighted by molar-refractivity contribution is 7.95. The first kappa shape index (κ1) is 22.2. The maximum absolute atomic E-state index is 6.33. The lowest BCUT2D eigenvalue weighted by atomic mass is 9.83. The van der Waals surface area contributed by atoms with Crippen LogP contribution >= 0.6 is 12.0 Å². The van der Waals surface area contributed by atoms with Crippen LogP contribution in [0.3, 0.4) is 0 Å². The van der Waals surface area contributed by atoms with E-state index in [-0.39, 0.29) is 0 Å². The molecule has 3 aliphatic rings. The molecular formula is C27H27NO6S. The molecule has 0 aromatic heterocycles. The molecule has 1 atom stereocenters. The van der Waals surface area contributed by atoms with Crippen LogP contribution in [0.5, 0.6) is 34.5 Å². The highest BCUT2D eigenvalue weighted by Crippen LogP contribution is 2.47. The molecule has 0 spiro atoms. The summed E-state index contributed by atoms with van der Waals surface area (Å²) in [5.41, 5.74) is 5.15. The third-order valence-electron chi connectivity index (χ3n) is 6.99. The molecule has 0 N–H and O–H groups in total. The van der Waals surface area contributed by atoms with Crippen molar-refractivity contribution in [3.63, 3.8) is 0 Å². The van der Waals surface area contributed by atoms with Gasteiger partial charge in [0.15, 0.2) is 34.5 Å². The van der Waals surface area contributed by atoms with Crippen LogP contribution in [0, 0.1) is 0 Å². The fourth-order valence-corrected chi connectivity index (χ4v) is 5.85. The molecule has 0 aliphatic carbocycles. The molecule has 0 amide bonds. The molecular weight excluding hydrogens is 466 g/mol. The van der Waals surface area contributed by atoms with Gasteiger partial charge in [0, 0.05) is 30.8 Å². The molecule has 0 saturated heterocycles. The monoisotopic (exact) mass is 493 g/mol. The molecule has 3 heterocycles. The standard InChI is InChI=1S/C27H27NO6S/c1-29-22-7-5-18(12-24(22)31-3)35-34-27-20-14-28-9-8-17-11-25-26(33-15-32-25)13-19(17)21(28)10-16(20)4-6-23(27)30-2/h4-7,11-13,21H,8-10,14-15H2,1-3H3. The smallest absolute Gasteiger partial charge is 0.231 e. The number of hydrogen-bond donors (Lipinski definition) is 0. The summed E-state index contributed by atoms with van der Waals surface area (Å²) in [5, 5.41) is 0. The number of hydrogen-bond acceptors (Lipinski definition) is 8. The molecule has 3 aromatic rings. The lowest BCUT2D eigenvalue weighted by molar-refractivity contribution is 0.159. The van der Waals surface area contributed by atoms with Crippen molar-refractivity contribution in [3.8, 4) is 34.5 Å². The SMILES string of the molecule is COc1ccc(SOc2c(OC)ccc3c2CN2CCc4cc5c(cc4C2C3)OCO5)cc1OC. The number of methoxy groups -OCH3 is 3. The summed E-state index contributed by atoms with van der Waals surface area (Å²) in [4.78, 5) is 3.44. The quantitative estimate of drug-likeness (QED) is 0.435. The van der Waals surface area contributed by atoms with E-state index in [1.54, 1.807) is 21.3 Å². The van der Waals surface area contributed by atoms with Crippen molar-refractivity contribution >= 4 is 12.0 Å². The third-order valence-corrected chi connectivity index (χ3v) is 7.69. The van der Waals surface area contributed by atoms with Gasteiger partial charge < -0.3 is 27.9 Å². The summed E-state index contributed by atoms with van der Waals surface area (Å²) < 4.78 is 34.1. The Kier molecular flexibility index (Phi) is 5.78. The van der Waals surface area contributed by atoms with E-state index < -0.39 is 0 Å². The van der Waals surface area contributed by atoms with Crippen LogP contribution in [0.4, 0.5) is 0 Å². The molecule has 0 fully saturated rings. The van der Waals surface area contributed by atoms with E-state index in [9.17, 15) is 0 Å². The summed E-state index contributed by atoms with van der Waals surface area (Å²) in [6, 6.07) is 14.6. The predicted molar refractivity (Wildman–Crippen MR) is 132 cm³/mol. The van der Waals surface area contributed by atoms with Crippen molar-refractivity contribution in [1.29, 1.82) is 0 Å². The molecule has 35 heavy (non-hydrogen) atoms. The highest BCUT2D eigenvalue weighted by atomic mass is 32.2. The van der Waals surface area contributed by atoms with E-state index >= 15 is 0 Å². The maximum atomic E-state index is 6.33. The zero-order valence-corrected chi connectivity index (χ0v) is 20.8. The molecule has 8 heteroatoms. The Hall–Kier alpha value is -3.23. The second-order valence-corrected chi connectivity index (χ2v) is 9.57. The molecule has 6 rings (SSSR count). The number of benzene rings is 3. The van der Waals surface area contributed by atoms with E-state index in [1.165, 1.54) is 34.3 Å². The summed E-state index contributed by atoms with van der Waals surface area (Å²) in [7, 11) is 4.94. The Morgan fingerprint density at radius 3 is 2.43 bits per heavy atom. The lowest BCUT2D eigenvalue weighted by Gasteiger charge is -2.42. The Morgan fingerprint density at radius 1 is 0.857 bits per heavy atom. The van der Waals surface area contributed by atoms with Crippen LogP contribution in [-0.2, 0) is 19.4 Å². The van der Waals surface area contributed by atoms with Crippen LogP contribution in [-0.4, -0.2) is 39.6 Å². The van der Waals surface area contributed by atoms with Crippen molar-refractivity contribution in [2.45, 2.75) is 30.3 Å². The normalized spacial score (nSPS) is 17.7. The van der Waals surface area contributed by atoms with Gasteiger partial charge in [-0.25, -0.2) is 0 Å². The second-order valence-electron chi connectivity index (χ2n) is 8.76. The van der Waals surface area contributed by atoms with Crippen LogP contribution < -0.4 is 27.9 Å².